The molecule has 3 aliphatic rings. The molecule has 0 aromatic heterocycles. The van der Waals surface area contributed by atoms with Gasteiger partial charge in [-0.3, -0.25) is 4.79 Å². The van der Waals surface area contributed by atoms with Crippen LogP contribution in [-0.2, 0) is 9.53 Å². The number of nitrogens with zero attached hydrogens (tertiary/aromatic N) is 1. The second-order valence-corrected chi connectivity index (χ2v) is 10.6. The largest absolute Gasteiger partial charge is 0.369 e. The Kier molecular flexibility index (Phi) is 7.32. The monoisotopic (exact) mass is 490 g/mol. The van der Waals surface area contributed by atoms with E-state index in [0.29, 0.717) is 16.5 Å². The number of halogens is 2. The van der Waals surface area contributed by atoms with Gasteiger partial charge in [0.05, 0.1) is 17.6 Å². The van der Waals surface area contributed by atoms with Crippen LogP contribution in [0.15, 0.2) is 52.2 Å². The summed E-state index contributed by atoms with van der Waals surface area (Å²) < 4.78 is 5.93. The molecule has 2 fully saturated rings. The molecule has 1 aliphatic heterocycles. The highest BCUT2D eigenvalue weighted by molar-refractivity contribution is 6.32. The molecule has 1 N–H and O–H groups in total. The summed E-state index contributed by atoms with van der Waals surface area (Å²) >= 11 is 13.1. The molecule has 1 saturated heterocycles. The second kappa shape index (κ2) is 9.89. The Morgan fingerprint density at radius 3 is 2.64 bits per heavy atom. The van der Waals surface area contributed by atoms with Crippen molar-refractivity contribution in [3.05, 3.63) is 62.5 Å². The van der Waals surface area contributed by atoms with E-state index in [1.165, 1.54) is 5.56 Å². The number of hydrogen-bond acceptors (Lipinski definition) is 4. The molecule has 7 heteroatoms. The molecule has 0 spiro atoms. The normalized spacial score (nSPS) is 34.7. The molecule has 1 aromatic carbocycles. The Labute approximate surface area is 205 Å². The van der Waals surface area contributed by atoms with Crippen molar-refractivity contribution in [2.24, 2.45) is 22.4 Å². The lowest BCUT2D eigenvalue weighted by molar-refractivity contribution is -0.131. The lowest BCUT2D eigenvalue weighted by Crippen LogP contribution is -2.45. The molecule has 1 aromatic rings. The molecule has 1 amide bonds. The van der Waals surface area contributed by atoms with Gasteiger partial charge < -0.3 is 10.1 Å². The van der Waals surface area contributed by atoms with E-state index in [1.54, 1.807) is 0 Å². The summed E-state index contributed by atoms with van der Waals surface area (Å²) in [5, 5.41) is 7.59. The summed E-state index contributed by atoms with van der Waals surface area (Å²) in [6.07, 6.45) is 7.00. The molecule has 1 saturated carbocycles. The highest BCUT2D eigenvalue weighted by atomic mass is 35.5. The van der Waals surface area contributed by atoms with Crippen LogP contribution >= 0.6 is 23.2 Å². The Hall–Kier alpha value is -1.69. The van der Waals surface area contributed by atoms with E-state index >= 15 is 0 Å². The van der Waals surface area contributed by atoms with E-state index in [4.69, 9.17) is 27.9 Å². The van der Waals surface area contributed by atoms with Gasteiger partial charge in [-0.05, 0) is 80.7 Å². The van der Waals surface area contributed by atoms with Gasteiger partial charge in [0.2, 0.25) is 5.91 Å². The number of benzene rings is 1. The van der Waals surface area contributed by atoms with Crippen LogP contribution in [0.5, 0.6) is 0 Å². The standard InChI is InChI=1S/C26H32Cl2N2O3/c1-4-26-12-11-21(20-10-9-19(13-22(20)28)33-15(2)14-29-32)23(17-5-7-18(27)8-6-17)24(26)16(3)30-25(26)31/h5-8,10,13,15-16,19,21,23-24H,4,9,11-12,14H2,1-3H3,(H,30,31)/t15-,16-,19?,21+,23+,24?,26-/m1/s1. The average Bonchev–Trinajstić information content (AvgIpc) is 3.04. The van der Waals surface area contributed by atoms with Gasteiger partial charge in [-0.1, -0.05) is 53.5 Å². The number of carbonyl (C=O) groups is 1. The van der Waals surface area contributed by atoms with Crippen molar-refractivity contribution >= 4 is 29.1 Å². The van der Waals surface area contributed by atoms with Crippen molar-refractivity contribution in [2.45, 2.75) is 70.6 Å². The van der Waals surface area contributed by atoms with Crippen molar-refractivity contribution in [2.75, 3.05) is 6.54 Å². The number of fused-ring (bicyclic) bond motifs is 1. The Bertz CT molecular complexity index is 961. The third-order valence-corrected chi connectivity index (χ3v) is 8.51. The smallest absolute Gasteiger partial charge is 0.226 e. The maximum atomic E-state index is 13.1. The highest BCUT2D eigenvalue weighted by Gasteiger charge is 2.59. The van der Waals surface area contributed by atoms with E-state index in [1.807, 2.05) is 25.1 Å². The maximum Gasteiger partial charge on any atom is 0.226 e. The van der Waals surface area contributed by atoms with Crippen molar-refractivity contribution < 1.29 is 9.53 Å². The van der Waals surface area contributed by atoms with Gasteiger partial charge >= 0.3 is 0 Å². The quantitative estimate of drug-likeness (QED) is 0.452. The molecule has 4 rings (SSSR count). The molecule has 1 heterocycles. The van der Waals surface area contributed by atoms with Gasteiger partial charge in [0.15, 0.2) is 0 Å². The zero-order chi connectivity index (χ0) is 23.8. The van der Waals surface area contributed by atoms with Crippen LogP contribution < -0.4 is 5.32 Å². The van der Waals surface area contributed by atoms with E-state index in [9.17, 15) is 9.70 Å². The fourth-order valence-electron chi connectivity index (χ4n) is 6.43. The van der Waals surface area contributed by atoms with Crippen LogP contribution in [0.2, 0.25) is 5.02 Å². The minimum Gasteiger partial charge on any atom is -0.369 e. The van der Waals surface area contributed by atoms with Crippen molar-refractivity contribution in [3.8, 4) is 0 Å². The molecular weight excluding hydrogens is 459 g/mol. The van der Waals surface area contributed by atoms with Gasteiger partial charge in [-0.2, -0.15) is 4.91 Å². The number of nitrogens with one attached hydrogen (secondary N) is 1. The van der Waals surface area contributed by atoms with E-state index in [0.717, 1.165) is 24.8 Å². The summed E-state index contributed by atoms with van der Waals surface area (Å²) in [6, 6.07) is 8.15. The molecule has 178 valence electrons. The van der Waals surface area contributed by atoms with Crippen molar-refractivity contribution in [1.29, 1.82) is 0 Å². The molecule has 7 atom stereocenters. The molecule has 2 unspecified atom stereocenters. The highest BCUT2D eigenvalue weighted by Crippen LogP contribution is 2.59. The average molecular weight is 491 g/mol. The van der Waals surface area contributed by atoms with Crippen molar-refractivity contribution in [1.82, 2.24) is 5.32 Å². The maximum absolute atomic E-state index is 13.1. The lowest BCUT2D eigenvalue weighted by Gasteiger charge is -2.48. The summed E-state index contributed by atoms with van der Waals surface area (Å²) in [7, 11) is 0. The predicted molar refractivity (Wildman–Crippen MR) is 132 cm³/mol. The minimum absolute atomic E-state index is 0.0839. The predicted octanol–water partition coefficient (Wildman–Crippen LogP) is 6.36. The number of allylic oxidation sites excluding steroid dienone is 2. The number of hydrogen-bond donors (Lipinski definition) is 1. The Morgan fingerprint density at radius 2 is 2.00 bits per heavy atom. The van der Waals surface area contributed by atoms with Gasteiger partial charge in [-0.15, -0.1) is 0 Å². The SMILES string of the molecule is CC[C@@]12CC[C@@H](C3=CCC(O[C@H](C)CN=O)C=C3Cl)[C@H](c3ccc(Cl)cc3)C1[C@@H](C)NC2=O. The summed E-state index contributed by atoms with van der Waals surface area (Å²) in [5.74, 6) is 0.706. The van der Waals surface area contributed by atoms with E-state index in [-0.39, 0.29) is 53.9 Å². The fourth-order valence-corrected chi connectivity index (χ4v) is 6.92. The van der Waals surface area contributed by atoms with Crippen molar-refractivity contribution in [3.63, 3.8) is 0 Å². The van der Waals surface area contributed by atoms with Gasteiger partial charge in [-0.25, -0.2) is 0 Å². The first-order chi connectivity index (χ1) is 15.8. The van der Waals surface area contributed by atoms with Crippen LogP contribution in [0.4, 0.5) is 0 Å². The molecule has 2 aliphatic carbocycles. The number of rotatable bonds is 7. The van der Waals surface area contributed by atoms with Crippen LogP contribution in [-0.4, -0.2) is 30.7 Å². The van der Waals surface area contributed by atoms with E-state index < -0.39 is 0 Å². The third-order valence-electron chi connectivity index (χ3n) is 7.91. The second-order valence-electron chi connectivity index (χ2n) is 9.73. The van der Waals surface area contributed by atoms with Gasteiger partial charge in [0, 0.05) is 22.0 Å². The molecule has 33 heavy (non-hydrogen) atoms. The topological polar surface area (TPSA) is 67.8 Å². The van der Waals surface area contributed by atoms with Gasteiger partial charge in [0.1, 0.15) is 6.54 Å². The molecular formula is C26H32Cl2N2O3. The lowest BCUT2D eigenvalue weighted by atomic mass is 9.54. The number of ether oxygens (including phenoxy) is 1. The zero-order valence-corrected chi connectivity index (χ0v) is 20.9. The van der Waals surface area contributed by atoms with Crippen LogP contribution in [0.25, 0.3) is 0 Å². The summed E-state index contributed by atoms with van der Waals surface area (Å²) in [5.41, 5.74) is 1.98. The van der Waals surface area contributed by atoms with E-state index in [2.05, 4.69) is 42.5 Å². The number of amides is 1. The molecule has 5 nitrogen and oxygen atoms in total. The molecule has 0 bridgehead atoms. The minimum atomic E-state index is -0.353. The Balaban J connectivity index is 1.68. The van der Waals surface area contributed by atoms with Crippen LogP contribution in [0, 0.1) is 22.2 Å². The molecule has 0 radical (unpaired) electrons. The number of carbonyl (C=O) groups excluding carboxylic acids is 1. The Morgan fingerprint density at radius 1 is 1.27 bits per heavy atom. The summed E-state index contributed by atoms with van der Waals surface area (Å²) in [6.45, 7) is 6.23. The zero-order valence-electron chi connectivity index (χ0n) is 19.4. The van der Waals surface area contributed by atoms with Crippen LogP contribution in [0.1, 0.15) is 57.9 Å². The van der Waals surface area contributed by atoms with Gasteiger partial charge in [0.25, 0.3) is 0 Å². The number of nitroso groups, excluding NO2 is 1. The summed E-state index contributed by atoms with van der Waals surface area (Å²) in [4.78, 5) is 23.7. The third kappa shape index (κ3) is 4.52. The first-order valence-electron chi connectivity index (χ1n) is 11.9. The first-order valence-corrected chi connectivity index (χ1v) is 12.6. The van der Waals surface area contributed by atoms with Crippen LogP contribution in [0.3, 0.4) is 0 Å². The fraction of sp³-hybridized carbons (Fsp3) is 0.577. The first kappa shape index (κ1) is 24.4.